The minimum Gasteiger partial charge on any atom is -0.488 e. The highest BCUT2D eigenvalue weighted by Crippen LogP contribution is 2.28. The number of fused-ring (bicyclic) bond motifs is 1. The maximum atomic E-state index is 13.3. The zero-order valence-electron chi connectivity index (χ0n) is 13.6. The van der Waals surface area contributed by atoms with Gasteiger partial charge in [-0.05, 0) is 38.3 Å². The van der Waals surface area contributed by atoms with Gasteiger partial charge < -0.3 is 10.1 Å². The van der Waals surface area contributed by atoms with Crippen LogP contribution in [-0.2, 0) is 0 Å². The van der Waals surface area contributed by atoms with Gasteiger partial charge in [-0.1, -0.05) is 0 Å². The summed E-state index contributed by atoms with van der Waals surface area (Å²) in [5.41, 5.74) is 0.678. The molecule has 8 heteroatoms. The first-order valence-electron chi connectivity index (χ1n) is 8.17. The van der Waals surface area contributed by atoms with Crippen molar-refractivity contribution < 1.29 is 13.5 Å². The van der Waals surface area contributed by atoms with Gasteiger partial charge in [-0.25, -0.2) is 8.78 Å². The van der Waals surface area contributed by atoms with E-state index in [-0.39, 0.29) is 17.9 Å². The van der Waals surface area contributed by atoms with Gasteiger partial charge in [0.2, 0.25) is 0 Å². The van der Waals surface area contributed by atoms with E-state index in [0.29, 0.717) is 17.3 Å². The summed E-state index contributed by atoms with van der Waals surface area (Å²) in [4.78, 5) is 0. The van der Waals surface area contributed by atoms with Crippen molar-refractivity contribution >= 4 is 11.5 Å². The van der Waals surface area contributed by atoms with Crippen LogP contribution in [0.2, 0.25) is 0 Å². The number of nitrogens with zero attached hydrogens (tertiary/aromatic N) is 4. The first-order valence-corrected chi connectivity index (χ1v) is 8.17. The van der Waals surface area contributed by atoms with Gasteiger partial charge in [0.15, 0.2) is 11.5 Å². The smallest absolute Gasteiger partial charge is 0.178 e. The normalized spacial score (nSPS) is 20.1. The molecule has 0 radical (unpaired) electrons. The lowest BCUT2D eigenvalue weighted by Gasteiger charge is -2.23. The van der Waals surface area contributed by atoms with E-state index < -0.39 is 11.6 Å². The summed E-state index contributed by atoms with van der Waals surface area (Å²) >= 11 is 0. The average molecular weight is 345 g/mol. The summed E-state index contributed by atoms with van der Waals surface area (Å²) in [5, 5.41) is 15.8. The number of anilines is 1. The molecule has 1 saturated carbocycles. The molecular formula is C17H17F2N5O. The lowest BCUT2D eigenvalue weighted by molar-refractivity contribution is 0.196. The molecule has 1 aromatic carbocycles. The van der Waals surface area contributed by atoms with Gasteiger partial charge in [-0.15, -0.1) is 15.3 Å². The molecule has 0 aliphatic heterocycles. The number of hydrogen-bond donors (Lipinski definition) is 1. The Hall–Kier alpha value is -2.77. The molecule has 0 unspecified atom stereocenters. The van der Waals surface area contributed by atoms with Crippen LogP contribution in [0.4, 0.5) is 14.6 Å². The van der Waals surface area contributed by atoms with Crippen molar-refractivity contribution in [3.63, 3.8) is 0 Å². The summed E-state index contributed by atoms with van der Waals surface area (Å²) in [6.45, 7) is 1.83. The highest BCUT2D eigenvalue weighted by Gasteiger charge is 2.29. The van der Waals surface area contributed by atoms with Crippen LogP contribution in [0.5, 0.6) is 5.75 Å². The van der Waals surface area contributed by atoms with Gasteiger partial charge >= 0.3 is 0 Å². The van der Waals surface area contributed by atoms with Gasteiger partial charge in [0, 0.05) is 18.2 Å². The van der Waals surface area contributed by atoms with Gasteiger partial charge in [-0.3, -0.25) is 0 Å². The van der Waals surface area contributed by atoms with Crippen molar-refractivity contribution in [2.45, 2.75) is 38.3 Å². The molecule has 2 aromatic heterocycles. The molecule has 1 N–H and O–H groups in total. The third kappa shape index (κ3) is 3.24. The number of hydrogen-bond acceptors (Lipinski definition) is 5. The number of nitrogens with one attached hydrogen (secondary N) is 1. The fraction of sp³-hybridized carbons (Fsp3) is 0.353. The molecule has 0 amide bonds. The van der Waals surface area contributed by atoms with Gasteiger partial charge in [0.25, 0.3) is 0 Å². The number of ether oxygens (including phenoxy) is 1. The molecule has 6 nitrogen and oxygen atoms in total. The molecule has 4 rings (SSSR count). The van der Waals surface area contributed by atoms with Crippen LogP contribution >= 0.6 is 0 Å². The number of halogens is 2. The van der Waals surface area contributed by atoms with E-state index in [1.165, 1.54) is 12.1 Å². The lowest BCUT2D eigenvalue weighted by Crippen LogP contribution is -2.33. The van der Waals surface area contributed by atoms with E-state index >= 15 is 0 Å². The van der Waals surface area contributed by atoms with E-state index in [0.717, 1.165) is 25.3 Å². The lowest BCUT2D eigenvalue weighted by atomic mass is 10.2. The topological polar surface area (TPSA) is 64.3 Å². The summed E-state index contributed by atoms with van der Waals surface area (Å²) in [6, 6.07) is 6.90. The van der Waals surface area contributed by atoms with E-state index in [4.69, 9.17) is 4.74 Å². The van der Waals surface area contributed by atoms with E-state index in [2.05, 4.69) is 20.6 Å². The van der Waals surface area contributed by atoms with E-state index in [1.54, 1.807) is 4.52 Å². The summed E-state index contributed by atoms with van der Waals surface area (Å²) in [6.07, 6.45) is 2.49. The first-order chi connectivity index (χ1) is 12.1. The Labute approximate surface area is 142 Å². The minimum absolute atomic E-state index is 0.00747. The largest absolute Gasteiger partial charge is 0.488 e. The number of aromatic nitrogens is 4. The van der Waals surface area contributed by atoms with Crippen molar-refractivity contribution in [3.05, 3.63) is 47.8 Å². The van der Waals surface area contributed by atoms with E-state index in [1.807, 2.05) is 19.1 Å². The summed E-state index contributed by atoms with van der Waals surface area (Å²) in [7, 11) is 0. The standard InChI is InChI=1S/C17H17F2N5O/c1-10-21-22-17-6-5-16(23-24(10)17)20-14-3-2-4-15(14)25-13-8-11(18)7-12(19)9-13/h5-9,14-15H,2-4H2,1H3,(H,20,23)/t14-,15+/m0/s1. The van der Waals surface area contributed by atoms with Gasteiger partial charge in [-0.2, -0.15) is 4.52 Å². The maximum absolute atomic E-state index is 13.3. The molecule has 0 spiro atoms. The van der Waals surface area contributed by atoms with Crippen LogP contribution < -0.4 is 10.1 Å². The monoisotopic (exact) mass is 345 g/mol. The van der Waals surface area contributed by atoms with Crippen molar-refractivity contribution in [1.29, 1.82) is 0 Å². The predicted molar refractivity (Wildman–Crippen MR) is 87.6 cm³/mol. The predicted octanol–water partition coefficient (Wildman–Crippen LogP) is 3.12. The van der Waals surface area contributed by atoms with E-state index in [9.17, 15) is 8.78 Å². The number of aryl methyl sites for hydroxylation is 1. The Balaban J connectivity index is 1.51. The first kappa shape index (κ1) is 15.7. The van der Waals surface area contributed by atoms with Crippen LogP contribution in [0.15, 0.2) is 30.3 Å². The molecule has 1 fully saturated rings. The number of rotatable bonds is 4. The summed E-state index contributed by atoms with van der Waals surface area (Å²) < 4.78 is 34.2. The van der Waals surface area contributed by atoms with Crippen LogP contribution in [0.1, 0.15) is 25.1 Å². The Kier molecular flexibility index (Phi) is 3.95. The minimum atomic E-state index is -0.646. The summed E-state index contributed by atoms with van der Waals surface area (Å²) in [5.74, 6) is 0.295. The highest BCUT2D eigenvalue weighted by molar-refractivity contribution is 5.44. The second-order valence-corrected chi connectivity index (χ2v) is 6.18. The van der Waals surface area contributed by atoms with Crippen molar-refractivity contribution in [2.75, 3.05) is 5.32 Å². The van der Waals surface area contributed by atoms with Crippen LogP contribution in [0, 0.1) is 18.6 Å². The van der Waals surface area contributed by atoms with Crippen molar-refractivity contribution in [3.8, 4) is 5.75 Å². The van der Waals surface area contributed by atoms with Crippen molar-refractivity contribution in [1.82, 2.24) is 19.8 Å². The molecule has 2 heterocycles. The Bertz CT molecular complexity index is 893. The fourth-order valence-corrected chi connectivity index (χ4v) is 3.17. The maximum Gasteiger partial charge on any atom is 0.178 e. The fourth-order valence-electron chi connectivity index (χ4n) is 3.17. The quantitative estimate of drug-likeness (QED) is 0.787. The second kappa shape index (κ2) is 6.27. The zero-order valence-corrected chi connectivity index (χ0v) is 13.6. The molecule has 0 bridgehead atoms. The molecular weight excluding hydrogens is 328 g/mol. The molecule has 25 heavy (non-hydrogen) atoms. The molecule has 1 aliphatic rings. The third-order valence-electron chi connectivity index (χ3n) is 4.33. The Morgan fingerprint density at radius 2 is 1.92 bits per heavy atom. The molecule has 3 aromatic rings. The average Bonchev–Trinajstić information content (AvgIpc) is 3.14. The number of benzene rings is 1. The molecule has 2 atom stereocenters. The highest BCUT2D eigenvalue weighted by atomic mass is 19.1. The second-order valence-electron chi connectivity index (χ2n) is 6.18. The van der Waals surface area contributed by atoms with Crippen LogP contribution in [0.3, 0.4) is 0 Å². The molecule has 1 aliphatic carbocycles. The SMILES string of the molecule is Cc1nnc2ccc(N[C@H]3CCC[C@H]3Oc3cc(F)cc(F)c3)nn12. The molecule has 0 saturated heterocycles. The Morgan fingerprint density at radius 3 is 2.72 bits per heavy atom. The molecule has 130 valence electrons. The zero-order chi connectivity index (χ0) is 17.4. The van der Waals surface area contributed by atoms with Crippen LogP contribution in [-0.4, -0.2) is 32.0 Å². The van der Waals surface area contributed by atoms with Gasteiger partial charge in [0.1, 0.15) is 29.3 Å². The Morgan fingerprint density at radius 1 is 1.12 bits per heavy atom. The van der Waals surface area contributed by atoms with Crippen LogP contribution in [0.25, 0.3) is 5.65 Å². The van der Waals surface area contributed by atoms with Gasteiger partial charge in [0.05, 0.1) is 6.04 Å². The van der Waals surface area contributed by atoms with Crippen molar-refractivity contribution in [2.24, 2.45) is 0 Å². The third-order valence-corrected chi connectivity index (χ3v) is 4.33.